The summed E-state index contributed by atoms with van der Waals surface area (Å²) in [6, 6.07) is 7.30. The predicted molar refractivity (Wildman–Crippen MR) is 81.0 cm³/mol. The zero-order chi connectivity index (χ0) is 15.0. The number of carbonyl (C=O) groups is 2. The third-order valence-corrected chi connectivity index (χ3v) is 3.81. The van der Waals surface area contributed by atoms with Gasteiger partial charge in [0.1, 0.15) is 13.1 Å². The Labute approximate surface area is 134 Å². The summed E-state index contributed by atoms with van der Waals surface area (Å²) >= 11 is 2.21. The fraction of sp³-hybridized carbons (Fsp3) is 0.231. The molecule has 0 atom stereocenters. The van der Waals surface area contributed by atoms with Gasteiger partial charge in [-0.1, -0.05) is 17.3 Å². The molecule has 2 aromatic rings. The Hall–Kier alpha value is -1.97. The maximum absolute atomic E-state index is 11.8. The summed E-state index contributed by atoms with van der Waals surface area (Å²) in [4.78, 5) is 30.1. The summed E-state index contributed by atoms with van der Waals surface area (Å²) in [5.74, 6) is 0.408. The third-order valence-electron chi connectivity index (χ3n) is 3.09. The van der Waals surface area contributed by atoms with Crippen LogP contribution in [0.4, 0.5) is 4.79 Å². The number of hydrogen-bond acceptors (Lipinski definition) is 5. The highest BCUT2D eigenvalue weighted by Gasteiger charge is 2.34. The topological polar surface area (TPSA) is 79.5 Å². The van der Waals surface area contributed by atoms with Crippen molar-refractivity contribution in [2.75, 3.05) is 13.6 Å². The first-order valence-electron chi connectivity index (χ1n) is 6.18. The van der Waals surface area contributed by atoms with E-state index in [0.717, 1.165) is 14.0 Å². The number of halogens is 1. The van der Waals surface area contributed by atoms with E-state index in [1.165, 1.54) is 4.90 Å². The molecular formula is C13H11IN4O3. The Morgan fingerprint density at radius 1 is 1.29 bits per heavy atom. The van der Waals surface area contributed by atoms with Crippen molar-refractivity contribution in [2.45, 2.75) is 6.54 Å². The van der Waals surface area contributed by atoms with Crippen molar-refractivity contribution in [3.05, 3.63) is 33.7 Å². The van der Waals surface area contributed by atoms with Crippen LogP contribution in [0.3, 0.4) is 0 Å². The Balaban J connectivity index is 1.78. The number of carbonyl (C=O) groups excluding carboxylic acids is 2. The molecule has 21 heavy (non-hydrogen) atoms. The summed E-state index contributed by atoms with van der Waals surface area (Å²) < 4.78 is 6.22. The van der Waals surface area contributed by atoms with Crippen LogP contribution < -0.4 is 0 Å². The molecule has 8 heteroatoms. The normalized spacial score (nSPS) is 15.1. The van der Waals surface area contributed by atoms with Crippen LogP contribution in [-0.4, -0.2) is 45.5 Å². The van der Waals surface area contributed by atoms with E-state index in [0.29, 0.717) is 5.82 Å². The molecule has 1 aliphatic heterocycles. The van der Waals surface area contributed by atoms with Gasteiger partial charge in [-0.2, -0.15) is 4.98 Å². The number of rotatable bonds is 3. The monoisotopic (exact) mass is 398 g/mol. The molecule has 0 aliphatic carbocycles. The molecule has 3 amide bonds. The van der Waals surface area contributed by atoms with Gasteiger partial charge in [0.15, 0.2) is 0 Å². The van der Waals surface area contributed by atoms with Crippen LogP contribution in [0.2, 0.25) is 0 Å². The molecule has 108 valence electrons. The molecule has 7 nitrogen and oxygen atoms in total. The summed E-state index contributed by atoms with van der Waals surface area (Å²) in [5, 5.41) is 3.88. The average Bonchev–Trinajstić information content (AvgIpc) is 3.01. The molecule has 1 saturated heterocycles. The maximum Gasteiger partial charge on any atom is 0.327 e. The number of imide groups is 1. The van der Waals surface area contributed by atoms with E-state index in [1.807, 2.05) is 24.3 Å². The van der Waals surface area contributed by atoms with Gasteiger partial charge in [0.25, 0.3) is 5.91 Å². The number of benzene rings is 1. The van der Waals surface area contributed by atoms with Crippen LogP contribution in [-0.2, 0) is 11.3 Å². The molecule has 1 aliphatic rings. The predicted octanol–water partition coefficient (Wildman–Crippen LogP) is 1.74. The smallest absolute Gasteiger partial charge is 0.327 e. The largest absolute Gasteiger partial charge is 0.337 e. The van der Waals surface area contributed by atoms with Crippen LogP contribution in [0.15, 0.2) is 28.8 Å². The first-order chi connectivity index (χ1) is 10.0. The van der Waals surface area contributed by atoms with Crippen LogP contribution in [0.25, 0.3) is 11.4 Å². The molecule has 2 heterocycles. The van der Waals surface area contributed by atoms with Gasteiger partial charge >= 0.3 is 6.03 Å². The second-order valence-corrected chi connectivity index (χ2v) is 5.88. The van der Waals surface area contributed by atoms with E-state index >= 15 is 0 Å². The first kappa shape index (κ1) is 14.0. The Bertz CT molecular complexity index is 698. The van der Waals surface area contributed by atoms with Crippen LogP contribution in [0.1, 0.15) is 5.89 Å². The Morgan fingerprint density at radius 2 is 2.00 bits per heavy atom. The Morgan fingerprint density at radius 3 is 2.62 bits per heavy atom. The third kappa shape index (κ3) is 2.75. The molecular weight excluding hydrogens is 387 g/mol. The number of aromatic nitrogens is 2. The van der Waals surface area contributed by atoms with E-state index in [4.69, 9.17) is 4.52 Å². The quantitative estimate of drug-likeness (QED) is 0.582. The molecule has 1 aromatic heterocycles. The van der Waals surface area contributed by atoms with Crippen molar-refractivity contribution < 1.29 is 14.1 Å². The number of likely N-dealkylation sites (N-methyl/N-ethyl adjacent to an activating group) is 1. The molecule has 1 fully saturated rings. The van der Waals surface area contributed by atoms with E-state index in [1.54, 1.807) is 7.05 Å². The van der Waals surface area contributed by atoms with Gasteiger partial charge in [-0.15, -0.1) is 0 Å². The zero-order valence-electron chi connectivity index (χ0n) is 11.1. The van der Waals surface area contributed by atoms with Gasteiger partial charge in [-0.3, -0.25) is 9.69 Å². The summed E-state index contributed by atoms with van der Waals surface area (Å²) in [6.07, 6.45) is 0. The summed E-state index contributed by atoms with van der Waals surface area (Å²) in [6.45, 7) is 0.0797. The molecule has 0 N–H and O–H groups in total. The zero-order valence-corrected chi connectivity index (χ0v) is 13.3. The van der Waals surface area contributed by atoms with Crippen molar-refractivity contribution in [1.29, 1.82) is 0 Å². The molecule has 3 rings (SSSR count). The molecule has 1 aromatic carbocycles. The van der Waals surface area contributed by atoms with Gasteiger partial charge in [0.05, 0.1) is 0 Å². The highest BCUT2D eigenvalue weighted by Crippen LogP contribution is 2.19. The minimum atomic E-state index is -0.353. The standard InChI is InChI=1S/C13H11IN4O3/c1-17-7-11(19)18(13(17)20)6-10-15-12(16-21-10)8-2-4-9(14)5-3-8/h2-5H,6-7H2,1H3. The highest BCUT2D eigenvalue weighted by molar-refractivity contribution is 14.1. The minimum Gasteiger partial charge on any atom is -0.337 e. The molecule has 0 unspecified atom stereocenters. The van der Waals surface area contributed by atoms with Gasteiger partial charge < -0.3 is 9.42 Å². The van der Waals surface area contributed by atoms with E-state index in [2.05, 4.69) is 32.7 Å². The fourth-order valence-electron chi connectivity index (χ4n) is 1.99. The Kier molecular flexibility index (Phi) is 3.62. The van der Waals surface area contributed by atoms with Gasteiger partial charge in [-0.05, 0) is 34.7 Å². The molecule has 0 radical (unpaired) electrons. The van der Waals surface area contributed by atoms with Gasteiger partial charge in [-0.25, -0.2) is 4.79 Å². The number of hydrogen-bond donors (Lipinski definition) is 0. The second-order valence-electron chi connectivity index (χ2n) is 4.64. The van der Waals surface area contributed by atoms with Gasteiger partial charge in [0, 0.05) is 16.2 Å². The lowest BCUT2D eigenvalue weighted by Gasteiger charge is -2.10. The van der Waals surface area contributed by atoms with Crippen molar-refractivity contribution in [3.8, 4) is 11.4 Å². The minimum absolute atomic E-state index is 0.000620. The second kappa shape index (κ2) is 5.43. The molecule has 0 saturated carbocycles. The average molecular weight is 398 g/mol. The van der Waals surface area contributed by atoms with Gasteiger partial charge in [0.2, 0.25) is 11.7 Å². The number of nitrogens with zero attached hydrogens (tertiary/aromatic N) is 4. The highest BCUT2D eigenvalue weighted by atomic mass is 127. The maximum atomic E-state index is 11.8. The lowest BCUT2D eigenvalue weighted by atomic mass is 10.2. The van der Waals surface area contributed by atoms with Crippen LogP contribution >= 0.6 is 22.6 Å². The van der Waals surface area contributed by atoms with Crippen molar-refractivity contribution in [2.24, 2.45) is 0 Å². The fourth-order valence-corrected chi connectivity index (χ4v) is 2.35. The van der Waals surface area contributed by atoms with E-state index in [9.17, 15) is 9.59 Å². The lowest BCUT2D eigenvalue weighted by Crippen LogP contribution is -2.31. The van der Waals surface area contributed by atoms with Crippen LogP contribution in [0.5, 0.6) is 0 Å². The van der Waals surface area contributed by atoms with Crippen molar-refractivity contribution in [3.63, 3.8) is 0 Å². The molecule has 0 bridgehead atoms. The van der Waals surface area contributed by atoms with E-state index in [-0.39, 0.29) is 30.9 Å². The first-order valence-corrected chi connectivity index (χ1v) is 7.26. The molecule has 0 spiro atoms. The summed E-state index contributed by atoms with van der Waals surface area (Å²) in [5.41, 5.74) is 0.821. The SMILES string of the molecule is CN1CC(=O)N(Cc2nc(-c3ccc(I)cc3)no2)C1=O. The number of amides is 3. The van der Waals surface area contributed by atoms with E-state index < -0.39 is 0 Å². The van der Waals surface area contributed by atoms with Crippen molar-refractivity contribution >= 4 is 34.5 Å². The van der Waals surface area contributed by atoms with Crippen LogP contribution in [0, 0.1) is 3.57 Å². The summed E-state index contributed by atoms with van der Waals surface area (Å²) in [7, 11) is 1.57. The van der Waals surface area contributed by atoms with Crippen molar-refractivity contribution in [1.82, 2.24) is 19.9 Å². The number of urea groups is 1. The lowest BCUT2D eigenvalue weighted by molar-refractivity contribution is -0.125.